The number of nitrogen functional groups attached to an aromatic ring is 1. The Morgan fingerprint density at radius 2 is 1.95 bits per heavy atom. The Bertz CT molecular complexity index is 527. The Morgan fingerprint density at radius 3 is 2.58 bits per heavy atom. The molecule has 1 aromatic heterocycles. The van der Waals surface area contributed by atoms with Crippen molar-refractivity contribution in [2.24, 2.45) is 0 Å². The molecule has 0 saturated heterocycles. The zero-order chi connectivity index (χ0) is 13.7. The third kappa shape index (κ3) is 3.61. The lowest BCUT2D eigenvalue weighted by atomic mass is 10.2. The number of nitrogens with two attached hydrogens (primary N) is 1. The molecular weight excluding hydrogens is 256 g/mol. The third-order valence-electron chi connectivity index (χ3n) is 2.90. The van der Waals surface area contributed by atoms with E-state index >= 15 is 0 Å². The number of anilines is 2. The standard InChI is InChI=1S/C14H18N4S/c1-3-18(9-11-4-6-12(15)7-5-11)13-8-14(19-2)17-10-16-13/h4-8,10H,3,9,15H2,1-2H3. The minimum atomic E-state index is 0.790. The summed E-state index contributed by atoms with van der Waals surface area (Å²) < 4.78 is 0. The lowest BCUT2D eigenvalue weighted by molar-refractivity contribution is 0.803. The van der Waals surface area contributed by atoms with Crippen molar-refractivity contribution in [2.45, 2.75) is 18.5 Å². The first-order valence-electron chi connectivity index (χ1n) is 6.18. The van der Waals surface area contributed by atoms with Crippen LogP contribution in [0.2, 0.25) is 0 Å². The second-order valence-corrected chi connectivity index (χ2v) is 5.00. The summed E-state index contributed by atoms with van der Waals surface area (Å²) in [4.78, 5) is 10.8. The molecule has 0 bridgehead atoms. The molecule has 19 heavy (non-hydrogen) atoms. The highest BCUT2D eigenvalue weighted by Gasteiger charge is 2.08. The molecule has 100 valence electrons. The van der Waals surface area contributed by atoms with Gasteiger partial charge in [-0.05, 0) is 30.9 Å². The van der Waals surface area contributed by atoms with E-state index < -0.39 is 0 Å². The van der Waals surface area contributed by atoms with Gasteiger partial charge >= 0.3 is 0 Å². The molecular formula is C14H18N4S. The molecule has 0 radical (unpaired) electrons. The number of nitrogens with zero attached hydrogens (tertiary/aromatic N) is 3. The molecule has 2 N–H and O–H groups in total. The maximum atomic E-state index is 5.70. The first-order chi connectivity index (χ1) is 9.22. The van der Waals surface area contributed by atoms with Crippen LogP contribution in [-0.4, -0.2) is 22.8 Å². The zero-order valence-corrected chi connectivity index (χ0v) is 12.0. The predicted octanol–water partition coefficient (Wildman–Crippen LogP) is 2.81. The molecule has 0 aliphatic heterocycles. The smallest absolute Gasteiger partial charge is 0.133 e. The molecule has 0 aliphatic carbocycles. The van der Waals surface area contributed by atoms with Crippen LogP contribution in [0.15, 0.2) is 41.7 Å². The normalized spacial score (nSPS) is 10.4. The highest BCUT2D eigenvalue weighted by atomic mass is 32.2. The van der Waals surface area contributed by atoms with Crippen molar-refractivity contribution in [2.75, 3.05) is 23.4 Å². The topological polar surface area (TPSA) is 55.0 Å². The van der Waals surface area contributed by atoms with Crippen LogP contribution in [0.4, 0.5) is 11.5 Å². The Labute approximate surface area is 118 Å². The van der Waals surface area contributed by atoms with Crippen LogP contribution >= 0.6 is 11.8 Å². The Morgan fingerprint density at radius 1 is 1.21 bits per heavy atom. The lowest BCUT2D eigenvalue weighted by Gasteiger charge is -2.22. The zero-order valence-electron chi connectivity index (χ0n) is 11.2. The number of rotatable bonds is 5. The molecule has 0 aliphatic rings. The van der Waals surface area contributed by atoms with Gasteiger partial charge in [0.25, 0.3) is 0 Å². The van der Waals surface area contributed by atoms with Gasteiger partial charge in [0.1, 0.15) is 17.2 Å². The number of hydrogen-bond acceptors (Lipinski definition) is 5. The van der Waals surface area contributed by atoms with Gasteiger partial charge in [-0.25, -0.2) is 9.97 Å². The summed E-state index contributed by atoms with van der Waals surface area (Å²) in [6, 6.07) is 9.97. The summed E-state index contributed by atoms with van der Waals surface area (Å²) in [5.41, 5.74) is 7.71. The summed E-state index contributed by atoms with van der Waals surface area (Å²) in [5.74, 6) is 0.957. The van der Waals surface area contributed by atoms with E-state index in [2.05, 4.69) is 33.9 Å². The van der Waals surface area contributed by atoms with Crippen LogP contribution in [0, 0.1) is 0 Å². The number of thioether (sulfide) groups is 1. The van der Waals surface area contributed by atoms with E-state index in [1.807, 2.05) is 24.5 Å². The first kappa shape index (κ1) is 13.7. The van der Waals surface area contributed by atoms with Crippen molar-refractivity contribution in [3.63, 3.8) is 0 Å². The van der Waals surface area contributed by atoms with Crippen molar-refractivity contribution in [3.05, 3.63) is 42.2 Å². The van der Waals surface area contributed by atoms with Crippen molar-refractivity contribution in [1.82, 2.24) is 9.97 Å². The van der Waals surface area contributed by atoms with E-state index in [9.17, 15) is 0 Å². The van der Waals surface area contributed by atoms with Crippen LogP contribution in [0.25, 0.3) is 0 Å². The molecule has 1 aromatic carbocycles. The molecule has 4 nitrogen and oxygen atoms in total. The van der Waals surface area contributed by atoms with E-state index in [1.165, 1.54) is 5.56 Å². The second-order valence-electron chi connectivity index (χ2n) is 4.17. The van der Waals surface area contributed by atoms with Crippen LogP contribution in [-0.2, 0) is 6.54 Å². The maximum absolute atomic E-state index is 5.70. The Hall–Kier alpha value is -1.75. The highest BCUT2D eigenvalue weighted by Crippen LogP contribution is 2.19. The quantitative estimate of drug-likeness (QED) is 0.516. The van der Waals surface area contributed by atoms with Gasteiger partial charge in [0.2, 0.25) is 0 Å². The van der Waals surface area contributed by atoms with Gasteiger partial charge in [-0.1, -0.05) is 12.1 Å². The molecule has 0 amide bonds. The van der Waals surface area contributed by atoms with E-state index in [0.717, 1.165) is 29.6 Å². The molecule has 0 fully saturated rings. The molecule has 0 saturated carbocycles. The molecule has 2 aromatic rings. The molecule has 5 heteroatoms. The van der Waals surface area contributed by atoms with Crippen molar-refractivity contribution in [1.29, 1.82) is 0 Å². The summed E-state index contributed by atoms with van der Waals surface area (Å²) in [6.45, 7) is 3.84. The van der Waals surface area contributed by atoms with Gasteiger partial charge < -0.3 is 10.6 Å². The Kier molecular flexibility index (Phi) is 4.63. The first-order valence-corrected chi connectivity index (χ1v) is 7.40. The van der Waals surface area contributed by atoms with Crippen LogP contribution in [0.5, 0.6) is 0 Å². The van der Waals surface area contributed by atoms with Crippen LogP contribution < -0.4 is 10.6 Å². The fraction of sp³-hybridized carbons (Fsp3) is 0.286. The van der Waals surface area contributed by atoms with E-state index in [1.54, 1.807) is 18.1 Å². The van der Waals surface area contributed by atoms with Crippen molar-refractivity contribution >= 4 is 23.3 Å². The van der Waals surface area contributed by atoms with Crippen molar-refractivity contribution < 1.29 is 0 Å². The third-order valence-corrected chi connectivity index (χ3v) is 3.54. The minimum absolute atomic E-state index is 0.790. The maximum Gasteiger partial charge on any atom is 0.133 e. The minimum Gasteiger partial charge on any atom is -0.399 e. The summed E-state index contributed by atoms with van der Waals surface area (Å²) in [6.07, 6.45) is 3.63. The predicted molar refractivity (Wildman–Crippen MR) is 81.4 cm³/mol. The number of aromatic nitrogens is 2. The summed E-state index contributed by atoms with van der Waals surface area (Å²) in [5, 5.41) is 0.987. The monoisotopic (exact) mass is 274 g/mol. The molecule has 0 unspecified atom stereocenters. The van der Waals surface area contributed by atoms with E-state index in [-0.39, 0.29) is 0 Å². The highest BCUT2D eigenvalue weighted by molar-refractivity contribution is 7.98. The fourth-order valence-corrected chi connectivity index (χ4v) is 2.19. The lowest BCUT2D eigenvalue weighted by Crippen LogP contribution is -2.23. The summed E-state index contributed by atoms with van der Waals surface area (Å²) in [7, 11) is 0. The fourth-order valence-electron chi connectivity index (χ4n) is 1.81. The molecule has 0 spiro atoms. The second kappa shape index (κ2) is 6.43. The number of hydrogen-bond donors (Lipinski definition) is 1. The van der Waals surface area contributed by atoms with Gasteiger partial charge in [-0.15, -0.1) is 11.8 Å². The van der Waals surface area contributed by atoms with Gasteiger partial charge in [0.15, 0.2) is 0 Å². The number of benzene rings is 1. The van der Waals surface area contributed by atoms with Gasteiger partial charge in [-0.3, -0.25) is 0 Å². The van der Waals surface area contributed by atoms with Crippen molar-refractivity contribution in [3.8, 4) is 0 Å². The Balaban J connectivity index is 2.17. The molecule has 1 heterocycles. The average molecular weight is 274 g/mol. The molecule has 0 atom stereocenters. The van der Waals surface area contributed by atoms with Crippen LogP contribution in [0.1, 0.15) is 12.5 Å². The van der Waals surface area contributed by atoms with Gasteiger partial charge in [0, 0.05) is 24.8 Å². The van der Waals surface area contributed by atoms with Crippen LogP contribution in [0.3, 0.4) is 0 Å². The summed E-state index contributed by atoms with van der Waals surface area (Å²) >= 11 is 1.62. The van der Waals surface area contributed by atoms with E-state index in [4.69, 9.17) is 5.73 Å². The average Bonchev–Trinajstić information content (AvgIpc) is 2.46. The van der Waals surface area contributed by atoms with Gasteiger partial charge in [-0.2, -0.15) is 0 Å². The van der Waals surface area contributed by atoms with E-state index in [0.29, 0.717) is 0 Å². The largest absolute Gasteiger partial charge is 0.399 e. The van der Waals surface area contributed by atoms with Gasteiger partial charge in [0.05, 0.1) is 0 Å². The molecule has 2 rings (SSSR count). The SMILES string of the molecule is CCN(Cc1ccc(N)cc1)c1cc(SC)ncn1.